The van der Waals surface area contributed by atoms with E-state index in [1.54, 1.807) is 19.1 Å². The average molecular weight is 395 g/mol. The molecule has 27 heavy (non-hydrogen) atoms. The molecule has 1 aliphatic heterocycles. The second kappa shape index (κ2) is 7.67. The van der Waals surface area contributed by atoms with E-state index in [1.807, 2.05) is 7.05 Å². The smallest absolute Gasteiger partial charge is 0.293 e. The second-order valence-electron chi connectivity index (χ2n) is 6.68. The molecule has 3 rings (SSSR count). The Morgan fingerprint density at radius 3 is 2.59 bits per heavy atom. The summed E-state index contributed by atoms with van der Waals surface area (Å²) in [5.41, 5.74) is -0.0418. The van der Waals surface area contributed by atoms with Crippen LogP contribution in [0.25, 0.3) is 0 Å². The van der Waals surface area contributed by atoms with E-state index in [2.05, 4.69) is 5.32 Å². The van der Waals surface area contributed by atoms with Crippen LogP contribution >= 0.6 is 0 Å². The number of hydrogen-bond donors (Lipinski definition) is 2. The number of likely N-dealkylation sites (N-methyl/N-ethyl adjacent to an activating group) is 1. The second-order valence-corrected chi connectivity index (χ2v) is 8.62. The lowest BCUT2D eigenvalue weighted by Crippen LogP contribution is -3.12. The van der Waals surface area contributed by atoms with E-state index >= 15 is 0 Å². The van der Waals surface area contributed by atoms with Gasteiger partial charge in [0.15, 0.2) is 0 Å². The van der Waals surface area contributed by atoms with Gasteiger partial charge >= 0.3 is 0 Å². The van der Waals surface area contributed by atoms with Crippen molar-refractivity contribution in [2.45, 2.75) is 17.9 Å². The predicted octanol–water partition coefficient (Wildman–Crippen LogP) is 0.880. The summed E-state index contributed by atoms with van der Waals surface area (Å²) in [4.78, 5) is 12.1. The van der Waals surface area contributed by atoms with E-state index in [1.165, 1.54) is 27.6 Å². The standard InChI is InChI=1S/C17H22N4O5S/c1-13(17-4-3-11-26-17)18-15-6-5-14(12-16(15)21(22)23)27(24,25)20-9-7-19(2)8-10-20/h3-6,11-13,18H,7-10H2,1-2H3/p+1/t13-/m1/s1. The summed E-state index contributed by atoms with van der Waals surface area (Å²) >= 11 is 0. The first-order chi connectivity index (χ1) is 12.8. The van der Waals surface area contributed by atoms with Crippen LogP contribution in [0.4, 0.5) is 11.4 Å². The maximum atomic E-state index is 12.8. The molecular formula is C17H23N4O5S+. The highest BCUT2D eigenvalue weighted by atomic mass is 32.2. The summed E-state index contributed by atoms with van der Waals surface area (Å²) in [6, 6.07) is 7.16. The van der Waals surface area contributed by atoms with Gasteiger partial charge < -0.3 is 14.6 Å². The van der Waals surface area contributed by atoms with Gasteiger partial charge in [0, 0.05) is 6.07 Å². The zero-order valence-electron chi connectivity index (χ0n) is 15.2. The molecule has 9 nitrogen and oxygen atoms in total. The van der Waals surface area contributed by atoms with Crippen molar-refractivity contribution < 1.29 is 22.7 Å². The SMILES string of the molecule is C[C@@H](Nc1ccc(S(=O)(=O)N2CC[NH+](C)CC2)cc1[N+](=O)[O-])c1ccco1. The minimum atomic E-state index is -3.76. The summed E-state index contributed by atoms with van der Waals surface area (Å²) in [6.45, 7) is 4.03. The summed E-state index contributed by atoms with van der Waals surface area (Å²) < 4.78 is 32.4. The summed E-state index contributed by atoms with van der Waals surface area (Å²) in [5.74, 6) is 0.626. The number of quaternary nitrogens is 1. The third kappa shape index (κ3) is 4.12. The van der Waals surface area contributed by atoms with Crippen molar-refractivity contribution >= 4 is 21.4 Å². The van der Waals surface area contributed by atoms with Crippen molar-refractivity contribution in [2.24, 2.45) is 0 Å². The van der Waals surface area contributed by atoms with Gasteiger partial charge in [0.2, 0.25) is 10.0 Å². The molecule has 1 aliphatic rings. The van der Waals surface area contributed by atoms with E-state index in [0.717, 1.165) is 6.07 Å². The number of rotatable bonds is 6. The normalized spacial score (nSPS) is 17.6. The first-order valence-electron chi connectivity index (χ1n) is 8.69. The Kier molecular flexibility index (Phi) is 5.49. The van der Waals surface area contributed by atoms with Gasteiger partial charge in [-0.05, 0) is 31.2 Å². The van der Waals surface area contributed by atoms with Crippen LogP contribution in [0.1, 0.15) is 18.7 Å². The lowest BCUT2D eigenvalue weighted by molar-refractivity contribution is -0.883. The first-order valence-corrected chi connectivity index (χ1v) is 10.1. The van der Waals surface area contributed by atoms with Crippen molar-refractivity contribution in [3.63, 3.8) is 0 Å². The molecule has 0 radical (unpaired) electrons. The molecule has 2 aromatic rings. The molecule has 0 bridgehead atoms. The number of anilines is 1. The maximum absolute atomic E-state index is 12.8. The Bertz CT molecular complexity index is 905. The number of nitrogens with zero attached hydrogens (tertiary/aromatic N) is 2. The molecule has 10 heteroatoms. The van der Waals surface area contributed by atoms with E-state index in [0.29, 0.717) is 31.9 Å². The molecule has 1 aromatic heterocycles. The Labute approximate surface area is 157 Å². The van der Waals surface area contributed by atoms with Gasteiger partial charge in [0.1, 0.15) is 11.4 Å². The van der Waals surface area contributed by atoms with Crippen LogP contribution in [0.2, 0.25) is 0 Å². The third-order valence-electron chi connectivity index (χ3n) is 4.72. The van der Waals surface area contributed by atoms with Gasteiger partial charge in [-0.2, -0.15) is 4.31 Å². The van der Waals surface area contributed by atoms with Crippen LogP contribution in [-0.2, 0) is 10.0 Å². The van der Waals surface area contributed by atoms with Gasteiger partial charge in [0.25, 0.3) is 5.69 Å². The number of nitro groups is 1. The lowest BCUT2D eigenvalue weighted by Gasteiger charge is -2.29. The Morgan fingerprint density at radius 1 is 1.30 bits per heavy atom. The number of hydrogen-bond acceptors (Lipinski definition) is 6. The molecule has 0 spiro atoms. The molecule has 1 aromatic carbocycles. The third-order valence-corrected chi connectivity index (χ3v) is 6.62. The van der Waals surface area contributed by atoms with Gasteiger partial charge in [0.05, 0.1) is 55.4 Å². The fourth-order valence-electron chi connectivity index (χ4n) is 3.04. The molecule has 0 saturated carbocycles. The van der Waals surface area contributed by atoms with E-state index in [-0.39, 0.29) is 22.3 Å². The van der Waals surface area contributed by atoms with Crippen LogP contribution in [0.5, 0.6) is 0 Å². The van der Waals surface area contributed by atoms with E-state index < -0.39 is 14.9 Å². The molecule has 1 saturated heterocycles. The van der Waals surface area contributed by atoms with Crippen molar-refractivity contribution in [3.8, 4) is 0 Å². The fourth-order valence-corrected chi connectivity index (χ4v) is 4.51. The molecule has 1 fully saturated rings. The van der Waals surface area contributed by atoms with Gasteiger partial charge in [-0.3, -0.25) is 10.1 Å². The molecular weight excluding hydrogens is 372 g/mol. The lowest BCUT2D eigenvalue weighted by atomic mass is 10.2. The summed E-state index contributed by atoms with van der Waals surface area (Å²) in [6.07, 6.45) is 1.52. The van der Waals surface area contributed by atoms with Gasteiger partial charge in [-0.15, -0.1) is 0 Å². The molecule has 1 atom stereocenters. The van der Waals surface area contributed by atoms with Crippen LogP contribution < -0.4 is 10.2 Å². The van der Waals surface area contributed by atoms with Gasteiger partial charge in [-0.25, -0.2) is 8.42 Å². The van der Waals surface area contributed by atoms with Crippen molar-refractivity contribution in [1.82, 2.24) is 4.31 Å². The highest BCUT2D eigenvalue weighted by molar-refractivity contribution is 7.89. The minimum absolute atomic E-state index is 0.0649. The quantitative estimate of drug-likeness (QED) is 0.555. The highest BCUT2D eigenvalue weighted by Crippen LogP contribution is 2.31. The number of sulfonamides is 1. The Morgan fingerprint density at radius 2 is 2.00 bits per heavy atom. The molecule has 146 valence electrons. The monoisotopic (exact) mass is 395 g/mol. The molecule has 0 aliphatic carbocycles. The van der Waals surface area contributed by atoms with E-state index in [9.17, 15) is 18.5 Å². The molecule has 2 N–H and O–H groups in total. The van der Waals surface area contributed by atoms with Crippen molar-refractivity contribution in [3.05, 3.63) is 52.5 Å². The van der Waals surface area contributed by atoms with Crippen LogP contribution in [0.15, 0.2) is 45.9 Å². The summed E-state index contributed by atoms with van der Waals surface area (Å²) in [7, 11) is -1.75. The number of furan rings is 1. The summed E-state index contributed by atoms with van der Waals surface area (Å²) in [5, 5.41) is 14.5. The minimum Gasteiger partial charge on any atom is -0.467 e. The number of nitro benzene ring substituents is 1. The van der Waals surface area contributed by atoms with Gasteiger partial charge in [-0.1, -0.05) is 0 Å². The zero-order valence-corrected chi connectivity index (χ0v) is 16.0. The zero-order chi connectivity index (χ0) is 19.6. The number of piperazine rings is 1. The Balaban J connectivity index is 1.88. The topological polar surface area (TPSA) is 110 Å². The number of benzene rings is 1. The molecule has 0 amide bonds. The Hall–Kier alpha value is -2.43. The molecule has 0 unspecified atom stereocenters. The fraction of sp³-hybridized carbons (Fsp3) is 0.412. The average Bonchev–Trinajstić information content (AvgIpc) is 3.17. The van der Waals surface area contributed by atoms with Crippen molar-refractivity contribution in [2.75, 3.05) is 38.5 Å². The largest absolute Gasteiger partial charge is 0.467 e. The number of nitrogens with one attached hydrogen (secondary N) is 2. The highest BCUT2D eigenvalue weighted by Gasteiger charge is 2.31. The predicted molar refractivity (Wildman–Crippen MR) is 99.2 cm³/mol. The van der Waals surface area contributed by atoms with Crippen molar-refractivity contribution in [1.29, 1.82) is 0 Å². The molecule has 2 heterocycles. The van der Waals surface area contributed by atoms with Crippen LogP contribution in [0.3, 0.4) is 0 Å². The van der Waals surface area contributed by atoms with Crippen LogP contribution in [-0.4, -0.2) is 50.9 Å². The maximum Gasteiger partial charge on any atom is 0.293 e. The first kappa shape index (κ1) is 19.3. The van der Waals surface area contributed by atoms with Crippen LogP contribution in [0, 0.1) is 10.1 Å². The van der Waals surface area contributed by atoms with E-state index in [4.69, 9.17) is 4.42 Å².